The third kappa shape index (κ3) is 5.35. The van der Waals surface area contributed by atoms with E-state index in [2.05, 4.69) is 41.8 Å². The van der Waals surface area contributed by atoms with E-state index in [0.29, 0.717) is 12.5 Å². The van der Waals surface area contributed by atoms with Gasteiger partial charge < -0.3 is 10.6 Å². The summed E-state index contributed by atoms with van der Waals surface area (Å²) >= 11 is 1.92. The topological polar surface area (TPSA) is 41.1 Å². The molecule has 1 aliphatic heterocycles. The van der Waals surface area contributed by atoms with E-state index in [9.17, 15) is 4.79 Å². The van der Waals surface area contributed by atoms with Crippen molar-refractivity contribution >= 4 is 30.1 Å². The summed E-state index contributed by atoms with van der Waals surface area (Å²) in [5.74, 6) is 2.32. The molecule has 0 saturated carbocycles. The van der Waals surface area contributed by atoms with E-state index < -0.39 is 0 Å². The van der Waals surface area contributed by atoms with Crippen LogP contribution in [0.15, 0.2) is 24.3 Å². The van der Waals surface area contributed by atoms with Crippen molar-refractivity contribution in [3.8, 4) is 0 Å². The molecule has 20 heavy (non-hydrogen) atoms. The quantitative estimate of drug-likeness (QED) is 0.898. The Hall–Kier alpha value is -0.710. The third-order valence-electron chi connectivity index (χ3n) is 3.39. The summed E-state index contributed by atoms with van der Waals surface area (Å²) in [6.45, 7) is 5.11. The highest BCUT2D eigenvalue weighted by Crippen LogP contribution is 2.14. The fourth-order valence-electron chi connectivity index (χ4n) is 2.21. The summed E-state index contributed by atoms with van der Waals surface area (Å²) in [5, 5.41) is 6.46. The first-order chi connectivity index (χ1) is 9.15. The first-order valence-corrected chi connectivity index (χ1v) is 7.97. The maximum Gasteiger partial charge on any atom is 0.222 e. The van der Waals surface area contributed by atoms with Crippen molar-refractivity contribution in [2.75, 3.05) is 18.1 Å². The smallest absolute Gasteiger partial charge is 0.222 e. The van der Waals surface area contributed by atoms with Crippen LogP contribution in [0.25, 0.3) is 0 Å². The summed E-state index contributed by atoms with van der Waals surface area (Å²) in [7, 11) is 0. The molecule has 1 amide bonds. The van der Waals surface area contributed by atoms with Gasteiger partial charge >= 0.3 is 0 Å². The Morgan fingerprint density at radius 2 is 2.15 bits per heavy atom. The Balaban J connectivity index is 0.00000200. The van der Waals surface area contributed by atoms with E-state index in [1.165, 1.54) is 5.56 Å². The van der Waals surface area contributed by atoms with Crippen molar-refractivity contribution in [1.82, 2.24) is 10.6 Å². The highest BCUT2D eigenvalue weighted by Gasteiger charge is 2.18. The molecule has 0 bridgehead atoms. The fourth-order valence-corrected chi connectivity index (χ4v) is 3.16. The van der Waals surface area contributed by atoms with Gasteiger partial charge in [0.1, 0.15) is 0 Å². The minimum Gasteiger partial charge on any atom is -0.350 e. The predicted octanol–water partition coefficient (Wildman–Crippen LogP) is 2.69. The molecule has 2 unspecified atom stereocenters. The van der Waals surface area contributed by atoms with E-state index in [1.54, 1.807) is 0 Å². The second-order valence-electron chi connectivity index (χ2n) is 5.13. The molecule has 3 nitrogen and oxygen atoms in total. The monoisotopic (exact) mass is 314 g/mol. The molecule has 1 aromatic rings. The third-order valence-corrected chi connectivity index (χ3v) is 4.52. The van der Waals surface area contributed by atoms with E-state index in [1.807, 2.05) is 18.7 Å². The minimum atomic E-state index is 0. The average Bonchev–Trinajstić information content (AvgIpc) is 2.40. The average molecular weight is 315 g/mol. The Bertz CT molecular complexity index is 418. The number of thioether (sulfide) groups is 1. The van der Waals surface area contributed by atoms with Gasteiger partial charge in [-0.25, -0.2) is 0 Å². The van der Waals surface area contributed by atoms with Crippen LogP contribution in [0.1, 0.15) is 30.5 Å². The molecule has 0 aliphatic carbocycles. The molecule has 2 atom stereocenters. The van der Waals surface area contributed by atoms with Crippen LogP contribution in [0, 0.1) is 6.92 Å². The predicted molar refractivity (Wildman–Crippen MR) is 88.7 cm³/mol. The SMILES string of the molecule is Cc1ccc(C(C)NC(=O)CC2CSCCN2)cc1.Cl. The minimum absolute atomic E-state index is 0. The lowest BCUT2D eigenvalue weighted by atomic mass is 10.1. The summed E-state index contributed by atoms with van der Waals surface area (Å²) in [4.78, 5) is 12.0. The molecule has 112 valence electrons. The van der Waals surface area contributed by atoms with Crippen LogP contribution in [0.3, 0.4) is 0 Å². The molecule has 0 radical (unpaired) electrons. The number of carbonyl (C=O) groups excluding carboxylic acids is 1. The number of halogens is 1. The van der Waals surface area contributed by atoms with Gasteiger partial charge in [-0.2, -0.15) is 11.8 Å². The summed E-state index contributed by atoms with van der Waals surface area (Å²) in [5.41, 5.74) is 2.40. The number of carbonyl (C=O) groups is 1. The first kappa shape index (κ1) is 17.3. The number of amides is 1. The van der Waals surface area contributed by atoms with Gasteiger partial charge in [0.05, 0.1) is 6.04 Å². The highest BCUT2D eigenvalue weighted by molar-refractivity contribution is 7.99. The normalized spacial score (nSPS) is 19.8. The van der Waals surface area contributed by atoms with Crippen LogP contribution in [-0.2, 0) is 4.79 Å². The van der Waals surface area contributed by atoms with E-state index in [-0.39, 0.29) is 24.4 Å². The van der Waals surface area contributed by atoms with Gasteiger partial charge in [0.25, 0.3) is 0 Å². The van der Waals surface area contributed by atoms with Crippen molar-refractivity contribution in [2.45, 2.75) is 32.4 Å². The number of aryl methyl sites for hydroxylation is 1. The van der Waals surface area contributed by atoms with E-state index in [0.717, 1.165) is 23.6 Å². The Labute approximate surface area is 131 Å². The van der Waals surface area contributed by atoms with E-state index in [4.69, 9.17) is 0 Å². The van der Waals surface area contributed by atoms with Crippen molar-refractivity contribution < 1.29 is 4.79 Å². The molecule has 1 saturated heterocycles. The van der Waals surface area contributed by atoms with Crippen molar-refractivity contribution in [3.63, 3.8) is 0 Å². The number of hydrogen-bond donors (Lipinski definition) is 2. The lowest BCUT2D eigenvalue weighted by molar-refractivity contribution is -0.122. The summed E-state index contributed by atoms with van der Waals surface area (Å²) < 4.78 is 0. The molecular weight excluding hydrogens is 292 g/mol. The molecule has 1 heterocycles. The Morgan fingerprint density at radius 1 is 1.45 bits per heavy atom. The second-order valence-corrected chi connectivity index (χ2v) is 6.28. The molecule has 1 aliphatic rings. The van der Waals surface area contributed by atoms with Gasteiger partial charge in [-0.3, -0.25) is 4.79 Å². The molecule has 5 heteroatoms. The van der Waals surface area contributed by atoms with E-state index >= 15 is 0 Å². The second kappa shape index (κ2) is 8.55. The van der Waals surface area contributed by atoms with Crippen LogP contribution in [0.2, 0.25) is 0 Å². The van der Waals surface area contributed by atoms with Gasteiger partial charge in [0, 0.05) is 30.5 Å². The van der Waals surface area contributed by atoms with Crippen LogP contribution < -0.4 is 10.6 Å². The number of rotatable bonds is 4. The zero-order valence-electron chi connectivity index (χ0n) is 12.0. The van der Waals surface area contributed by atoms with Crippen LogP contribution in [0.5, 0.6) is 0 Å². The zero-order chi connectivity index (χ0) is 13.7. The lowest BCUT2D eigenvalue weighted by Gasteiger charge is -2.23. The molecule has 2 rings (SSSR count). The van der Waals surface area contributed by atoms with Crippen molar-refractivity contribution in [3.05, 3.63) is 35.4 Å². The first-order valence-electron chi connectivity index (χ1n) is 6.82. The Kier molecular flexibility index (Phi) is 7.41. The van der Waals surface area contributed by atoms with Crippen LogP contribution in [-0.4, -0.2) is 30.0 Å². The van der Waals surface area contributed by atoms with Gasteiger partial charge in [0.2, 0.25) is 5.91 Å². The number of hydrogen-bond acceptors (Lipinski definition) is 3. The largest absolute Gasteiger partial charge is 0.350 e. The molecule has 2 N–H and O–H groups in total. The summed E-state index contributed by atoms with van der Waals surface area (Å²) in [6.07, 6.45) is 0.573. The highest BCUT2D eigenvalue weighted by atomic mass is 35.5. The summed E-state index contributed by atoms with van der Waals surface area (Å²) in [6, 6.07) is 8.71. The van der Waals surface area contributed by atoms with Gasteiger partial charge in [-0.15, -0.1) is 12.4 Å². The Morgan fingerprint density at radius 3 is 2.75 bits per heavy atom. The molecule has 1 fully saturated rings. The maximum atomic E-state index is 12.0. The molecule has 1 aromatic carbocycles. The molecular formula is C15H23ClN2OS. The van der Waals surface area contributed by atoms with Crippen LogP contribution >= 0.6 is 24.2 Å². The fraction of sp³-hybridized carbons (Fsp3) is 0.533. The van der Waals surface area contributed by atoms with Crippen molar-refractivity contribution in [2.24, 2.45) is 0 Å². The number of benzene rings is 1. The molecule has 0 spiro atoms. The molecule has 0 aromatic heterocycles. The standard InChI is InChI=1S/C15H22N2OS.ClH/c1-11-3-5-13(6-4-11)12(2)17-15(18)9-14-10-19-8-7-16-14;/h3-6,12,14,16H,7-10H2,1-2H3,(H,17,18);1H. The van der Waals surface area contributed by atoms with Gasteiger partial charge in [-0.1, -0.05) is 29.8 Å². The lowest BCUT2D eigenvalue weighted by Crippen LogP contribution is -2.41. The number of nitrogens with one attached hydrogen (secondary N) is 2. The van der Waals surface area contributed by atoms with Gasteiger partial charge in [-0.05, 0) is 19.4 Å². The van der Waals surface area contributed by atoms with Crippen molar-refractivity contribution in [1.29, 1.82) is 0 Å². The maximum absolute atomic E-state index is 12.0. The van der Waals surface area contributed by atoms with Gasteiger partial charge in [0.15, 0.2) is 0 Å². The zero-order valence-corrected chi connectivity index (χ0v) is 13.7. The van der Waals surface area contributed by atoms with Crippen LogP contribution in [0.4, 0.5) is 0 Å².